The van der Waals surface area contributed by atoms with E-state index < -0.39 is 30.8 Å². The number of hydrogen-bond donors (Lipinski definition) is 2. The number of carbonyl (C=O) groups excluding carboxylic acids is 2. The molecule has 10 heteroatoms. The lowest BCUT2D eigenvalue weighted by Gasteiger charge is -2.18. The van der Waals surface area contributed by atoms with E-state index in [-0.39, 0.29) is 31.3 Å². The second-order valence-corrected chi connectivity index (χ2v) is 6.18. The van der Waals surface area contributed by atoms with Crippen LogP contribution in [0.3, 0.4) is 0 Å². The summed E-state index contributed by atoms with van der Waals surface area (Å²) < 4.78 is 26.1. The van der Waals surface area contributed by atoms with Gasteiger partial charge in [-0.15, -0.1) is 12.4 Å². The maximum atomic E-state index is 13.1. The van der Waals surface area contributed by atoms with E-state index in [4.69, 9.17) is 28.9 Å². The molecule has 1 aromatic rings. The third-order valence-electron chi connectivity index (χ3n) is 3.47. The van der Waals surface area contributed by atoms with E-state index in [0.29, 0.717) is 15.7 Å². The molecular weight excluding hydrogens is 387 g/mol. The standard InChI is InChI=1S/C14H15Cl2F2N3O2.ClH/c15-9-2-10(16)4-11(3-9)21-5-8(1-12(21)22)13(23)20-7-14(17,18)6-19;/h2-4,8H,1,5-7,19H2,(H,20,23);1H. The second kappa shape index (κ2) is 8.29. The van der Waals surface area contributed by atoms with Crippen LogP contribution in [0.2, 0.25) is 10.0 Å². The smallest absolute Gasteiger partial charge is 0.277 e. The lowest BCUT2D eigenvalue weighted by Crippen LogP contribution is -2.44. The highest BCUT2D eigenvalue weighted by atomic mass is 35.5. The van der Waals surface area contributed by atoms with Gasteiger partial charge in [0.2, 0.25) is 11.8 Å². The Morgan fingerprint density at radius 1 is 1.33 bits per heavy atom. The van der Waals surface area contributed by atoms with Gasteiger partial charge in [0.25, 0.3) is 5.92 Å². The van der Waals surface area contributed by atoms with Gasteiger partial charge in [0.1, 0.15) is 0 Å². The van der Waals surface area contributed by atoms with Crippen molar-refractivity contribution < 1.29 is 18.4 Å². The van der Waals surface area contributed by atoms with E-state index in [9.17, 15) is 18.4 Å². The molecule has 1 aromatic carbocycles. The number of rotatable bonds is 5. The van der Waals surface area contributed by atoms with E-state index in [2.05, 4.69) is 5.32 Å². The number of halogens is 5. The Balaban J connectivity index is 0.00000288. The Hall–Kier alpha value is -1.15. The fourth-order valence-corrected chi connectivity index (χ4v) is 2.78. The van der Waals surface area contributed by atoms with E-state index in [1.54, 1.807) is 12.1 Å². The van der Waals surface area contributed by atoms with Crippen molar-refractivity contribution >= 4 is 53.1 Å². The Kier molecular flexibility index (Phi) is 7.22. The van der Waals surface area contributed by atoms with E-state index in [1.165, 1.54) is 11.0 Å². The van der Waals surface area contributed by atoms with Crippen molar-refractivity contribution in [1.82, 2.24) is 5.32 Å². The third kappa shape index (κ3) is 5.17. The maximum absolute atomic E-state index is 13.1. The van der Waals surface area contributed by atoms with Crippen molar-refractivity contribution in [1.29, 1.82) is 0 Å². The molecule has 1 unspecified atom stereocenters. The normalized spacial score (nSPS) is 17.6. The molecule has 2 rings (SSSR count). The van der Waals surface area contributed by atoms with Gasteiger partial charge < -0.3 is 16.0 Å². The molecule has 3 N–H and O–H groups in total. The second-order valence-electron chi connectivity index (χ2n) is 5.31. The molecule has 1 fully saturated rings. The summed E-state index contributed by atoms with van der Waals surface area (Å²) >= 11 is 11.8. The molecule has 1 aliphatic heterocycles. The molecule has 5 nitrogen and oxygen atoms in total. The fourth-order valence-electron chi connectivity index (χ4n) is 2.26. The van der Waals surface area contributed by atoms with Crippen molar-refractivity contribution in [2.75, 3.05) is 24.5 Å². The van der Waals surface area contributed by atoms with Crippen molar-refractivity contribution in [3.05, 3.63) is 28.2 Å². The van der Waals surface area contributed by atoms with Crippen molar-refractivity contribution in [2.24, 2.45) is 11.7 Å². The van der Waals surface area contributed by atoms with Gasteiger partial charge in [-0.25, -0.2) is 8.78 Å². The van der Waals surface area contributed by atoms with Crippen LogP contribution in [-0.4, -0.2) is 37.4 Å². The molecule has 1 heterocycles. The largest absolute Gasteiger partial charge is 0.350 e. The molecular formula is C14H16Cl3F2N3O2. The number of hydrogen-bond acceptors (Lipinski definition) is 3. The zero-order valence-corrected chi connectivity index (χ0v) is 14.7. The van der Waals surface area contributed by atoms with E-state index >= 15 is 0 Å². The lowest BCUT2D eigenvalue weighted by atomic mass is 10.1. The van der Waals surface area contributed by atoms with Gasteiger partial charge in [-0.05, 0) is 18.2 Å². The number of carbonyl (C=O) groups is 2. The number of alkyl halides is 2. The summed E-state index contributed by atoms with van der Waals surface area (Å²) in [7, 11) is 0. The summed E-state index contributed by atoms with van der Waals surface area (Å²) in [6, 6.07) is 4.62. The average molecular weight is 403 g/mol. The Morgan fingerprint density at radius 3 is 2.46 bits per heavy atom. The van der Waals surface area contributed by atoms with Gasteiger partial charge in [0.05, 0.1) is 19.0 Å². The first-order valence-electron chi connectivity index (χ1n) is 6.84. The Bertz CT molecular complexity index is 611. The van der Waals surface area contributed by atoms with Gasteiger partial charge >= 0.3 is 0 Å². The van der Waals surface area contributed by atoms with Gasteiger partial charge in [0, 0.05) is 28.7 Å². The molecule has 1 saturated heterocycles. The van der Waals surface area contributed by atoms with Crippen molar-refractivity contribution in [3.63, 3.8) is 0 Å². The van der Waals surface area contributed by atoms with Gasteiger partial charge in [-0.3, -0.25) is 9.59 Å². The summed E-state index contributed by atoms with van der Waals surface area (Å²) in [5, 5.41) is 2.85. The van der Waals surface area contributed by atoms with Crippen molar-refractivity contribution in [2.45, 2.75) is 12.3 Å². The minimum Gasteiger partial charge on any atom is -0.350 e. The van der Waals surface area contributed by atoms with Crippen LogP contribution >= 0.6 is 35.6 Å². The van der Waals surface area contributed by atoms with Crippen LogP contribution in [0.5, 0.6) is 0 Å². The first-order valence-corrected chi connectivity index (χ1v) is 7.59. The van der Waals surface area contributed by atoms with Crippen LogP contribution in [0.15, 0.2) is 18.2 Å². The Labute approximate surface area is 153 Å². The molecule has 2 amide bonds. The molecule has 0 radical (unpaired) electrons. The maximum Gasteiger partial charge on any atom is 0.277 e. The molecule has 1 atom stereocenters. The number of anilines is 1. The molecule has 0 bridgehead atoms. The molecule has 0 aliphatic carbocycles. The van der Waals surface area contributed by atoms with Gasteiger partial charge in [-0.2, -0.15) is 0 Å². The van der Waals surface area contributed by atoms with Crippen LogP contribution < -0.4 is 16.0 Å². The third-order valence-corrected chi connectivity index (χ3v) is 3.91. The van der Waals surface area contributed by atoms with Gasteiger partial charge in [0.15, 0.2) is 0 Å². The highest BCUT2D eigenvalue weighted by molar-refractivity contribution is 6.35. The SMILES string of the molecule is Cl.NCC(F)(F)CNC(=O)C1CC(=O)N(c2cc(Cl)cc(Cl)c2)C1. The molecule has 0 spiro atoms. The summed E-state index contributed by atoms with van der Waals surface area (Å²) in [4.78, 5) is 25.4. The summed E-state index contributed by atoms with van der Waals surface area (Å²) in [5.74, 6) is -4.79. The first kappa shape index (κ1) is 20.9. The summed E-state index contributed by atoms with van der Waals surface area (Å²) in [5.41, 5.74) is 5.37. The molecule has 134 valence electrons. The highest BCUT2D eigenvalue weighted by Crippen LogP contribution is 2.30. The first-order chi connectivity index (χ1) is 10.7. The molecule has 24 heavy (non-hydrogen) atoms. The monoisotopic (exact) mass is 401 g/mol. The average Bonchev–Trinajstić information content (AvgIpc) is 2.86. The number of amides is 2. The predicted octanol–water partition coefficient (Wildman–Crippen LogP) is 2.48. The van der Waals surface area contributed by atoms with Crippen LogP contribution in [0.1, 0.15) is 6.42 Å². The topological polar surface area (TPSA) is 75.4 Å². The van der Waals surface area contributed by atoms with Crippen LogP contribution in [0, 0.1) is 5.92 Å². The zero-order chi connectivity index (χ0) is 17.2. The quantitative estimate of drug-likeness (QED) is 0.794. The predicted molar refractivity (Wildman–Crippen MR) is 91.2 cm³/mol. The van der Waals surface area contributed by atoms with Crippen molar-refractivity contribution in [3.8, 4) is 0 Å². The molecule has 1 aliphatic rings. The number of nitrogens with two attached hydrogens (primary N) is 1. The molecule has 0 saturated carbocycles. The minimum atomic E-state index is -3.17. The van der Waals surface area contributed by atoms with Crippen LogP contribution in [-0.2, 0) is 9.59 Å². The number of nitrogens with one attached hydrogen (secondary N) is 1. The minimum absolute atomic E-state index is 0. The molecule has 0 aromatic heterocycles. The summed E-state index contributed by atoms with van der Waals surface area (Å²) in [6.45, 7) is -1.63. The van der Waals surface area contributed by atoms with E-state index in [0.717, 1.165) is 0 Å². The fraction of sp³-hybridized carbons (Fsp3) is 0.429. The highest BCUT2D eigenvalue weighted by Gasteiger charge is 2.36. The van der Waals surface area contributed by atoms with Crippen LogP contribution in [0.4, 0.5) is 14.5 Å². The lowest BCUT2D eigenvalue weighted by molar-refractivity contribution is -0.127. The summed E-state index contributed by atoms with van der Waals surface area (Å²) in [6.07, 6.45) is -0.0653. The number of nitrogens with zero attached hydrogens (tertiary/aromatic N) is 1. The van der Waals surface area contributed by atoms with Gasteiger partial charge in [-0.1, -0.05) is 23.2 Å². The zero-order valence-electron chi connectivity index (χ0n) is 12.4. The Morgan fingerprint density at radius 2 is 1.92 bits per heavy atom. The van der Waals surface area contributed by atoms with Crippen LogP contribution in [0.25, 0.3) is 0 Å². The van der Waals surface area contributed by atoms with E-state index in [1.807, 2.05) is 0 Å². The number of benzene rings is 1.